The molecule has 0 bridgehead atoms. The highest BCUT2D eigenvalue weighted by atomic mass is 16.5. The summed E-state index contributed by atoms with van der Waals surface area (Å²) in [6, 6.07) is 10.9. The molecule has 0 saturated heterocycles. The van der Waals surface area contributed by atoms with Gasteiger partial charge in [0.25, 0.3) is 0 Å². The van der Waals surface area contributed by atoms with Crippen molar-refractivity contribution in [3.8, 4) is 11.5 Å². The van der Waals surface area contributed by atoms with Crippen molar-refractivity contribution < 1.29 is 14.6 Å². The van der Waals surface area contributed by atoms with E-state index >= 15 is 0 Å². The zero-order valence-electron chi connectivity index (χ0n) is 14.4. The van der Waals surface area contributed by atoms with Gasteiger partial charge in [0.15, 0.2) is 0 Å². The first kappa shape index (κ1) is 17.5. The van der Waals surface area contributed by atoms with Gasteiger partial charge in [-0.3, -0.25) is 4.79 Å². The van der Waals surface area contributed by atoms with Gasteiger partial charge in [0, 0.05) is 11.6 Å². The smallest absolute Gasteiger partial charge is 0.244 e. The lowest BCUT2D eigenvalue weighted by molar-refractivity contribution is -0.120. The predicted octanol–water partition coefficient (Wildman–Crippen LogP) is 3.10. The molecule has 0 saturated carbocycles. The van der Waals surface area contributed by atoms with E-state index in [1.807, 2.05) is 32.0 Å². The lowest BCUT2D eigenvalue weighted by Crippen LogP contribution is -2.21. The summed E-state index contributed by atoms with van der Waals surface area (Å²) in [6.07, 6.45) is 0.261. The van der Waals surface area contributed by atoms with E-state index in [1.165, 1.54) is 18.7 Å². The molecule has 2 aromatic carbocycles. The highest BCUT2D eigenvalue weighted by Crippen LogP contribution is 2.23. The first-order valence-electron chi connectivity index (χ1n) is 7.67. The van der Waals surface area contributed by atoms with E-state index in [-0.39, 0.29) is 18.1 Å². The van der Waals surface area contributed by atoms with E-state index in [9.17, 15) is 9.90 Å². The number of phenols is 1. The number of methoxy groups -OCH3 is 1. The molecule has 2 N–H and O–H groups in total. The minimum atomic E-state index is -0.200. The van der Waals surface area contributed by atoms with Gasteiger partial charge in [-0.1, -0.05) is 23.8 Å². The molecule has 5 nitrogen and oxygen atoms in total. The normalized spacial score (nSPS) is 11.2. The van der Waals surface area contributed by atoms with E-state index in [0.717, 1.165) is 11.1 Å². The summed E-state index contributed by atoms with van der Waals surface area (Å²) in [5.74, 6) is 0.413. The number of aromatic hydroxyl groups is 1. The fourth-order valence-electron chi connectivity index (χ4n) is 2.41. The van der Waals surface area contributed by atoms with Gasteiger partial charge in [0.05, 0.1) is 19.2 Å². The van der Waals surface area contributed by atoms with Gasteiger partial charge < -0.3 is 9.84 Å². The monoisotopic (exact) mass is 326 g/mol. The van der Waals surface area contributed by atoms with Crippen molar-refractivity contribution in [2.45, 2.75) is 27.2 Å². The van der Waals surface area contributed by atoms with Crippen molar-refractivity contribution in [2.24, 2.45) is 5.10 Å². The molecule has 0 aromatic heterocycles. The molecule has 0 atom stereocenters. The molecule has 126 valence electrons. The van der Waals surface area contributed by atoms with Crippen LogP contribution in [0.5, 0.6) is 11.5 Å². The van der Waals surface area contributed by atoms with Crippen LogP contribution in [0.1, 0.15) is 29.2 Å². The molecule has 0 unspecified atom stereocenters. The third-order valence-electron chi connectivity index (χ3n) is 3.79. The Morgan fingerprint density at radius 1 is 1.21 bits per heavy atom. The molecular formula is C19H22N2O3. The summed E-state index contributed by atoms with van der Waals surface area (Å²) >= 11 is 0. The van der Waals surface area contributed by atoms with Crippen molar-refractivity contribution in [2.75, 3.05) is 7.11 Å². The number of amides is 1. The molecule has 0 aliphatic heterocycles. The van der Waals surface area contributed by atoms with E-state index < -0.39 is 0 Å². The first-order valence-corrected chi connectivity index (χ1v) is 7.67. The van der Waals surface area contributed by atoms with Crippen LogP contribution in [0.3, 0.4) is 0 Å². The zero-order valence-corrected chi connectivity index (χ0v) is 14.4. The third-order valence-corrected chi connectivity index (χ3v) is 3.79. The Kier molecular flexibility index (Phi) is 5.58. The molecule has 0 aliphatic rings. The number of nitrogens with zero attached hydrogens (tertiary/aromatic N) is 1. The Morgan fingerprint density at radius 3 is 2.58 bits per heavy atom. The average Bonchev–Trinajstić information content (AvgIpc) is 2.55. The van der Waals surface area contributed by atoms with Crippen molar-refractivity contribution in [3.05, 3.63) is 58.7 Å². The average molecular weight is 326 g/mol. The Labute approximate surface area is 142 Å². The van der Waals surface area contributed by atoms with Crippen molar-refractivity contribution in [3.63, 3.8) is 0 Å². The molecule has 0 heterocycles. The van der Waals surface area contributed by atoms with Gasteiger partial charge in [-0.2, -0.15) is 5.10 Å². The summed E-state index contributed by atoms with van der Waals surface area (Å²) in [4.78, 5) is 12.1. The second-order valence-electron chi connectivity index (χ2n) is 5.72. The molecule has 0 aliphatic carbocycles. The number of ether oxygens (including phenoxy) is 1. The summed E-state index contributed by atoms with van der Waals surface area (Å²) in [5.41, 5.74) is 6.82. The fraction of sp³-hybridized carbons (Fsp3) is 0.263. The van der Waals surface area contributed by atoms with E-state index in [1.54, 1.807) is 19.1 Å². The summed E-state index contributed by atoms with van der Waals surface area (Å²) in [5, 5.41) is 14.1. The van der Waals surface area contributed by atoms with Crippen molar-refractivity contribution in [1.82, 2.24) is 5.43 Å². The van der Waals surface area contributed by atoms with Crippen LogP contribution < -0.4 is 10.2 Å². The number of hydrogen-bond donors (Lipinski definition) is 2. The van der Waals surface area contributed by atoms with Crippen LogP contribution in [0.2, 0.25) is 0 Å². The Bertz CT molecular complexity index is 782. The summed E-state index contributed by atoms with van der Waals surface area (Å²) < 4.78 is 5.04. The molecule has 0 radical (unpaired) electrons. The van der Waals surface area contributed by atoms with Crippen LogP contribution in [0.15, 0.2) is 41.5 Å². The zero-order chi connectivity index (χ0) is 17.7. The van der Waals surface area contributed by atoms with E-state index in [4.69, 9.17) is 4.74 Å². The number of rotatable bonds is 5. The largest absolute Gasteiger partial charge is 0.507 e. The standard InChI is InChI=1S/C19H22N2O3/c1-12-5-6-15(13(2)9-12)10-19(23)21-20-14(3)17-8-7-16(24-4)11-18(17)22/h5-9,11,22H,10H2,1-4H3,(H,21,23)/b20-14-. The Balaban J connectivity index is 2.05. The predicted molar refractivity (Wildman–Crippen MR) is 94.6 cm³/mol. The number of carbonyl (C=O) groups is 1. The SMILES string of the molecule is COc1ccc(/C(C)=N\NC(=O)Cc2ccc(C)cc2C)c(O)c1. The topological polar surface area (TPSA) is 70.9 Å². The molecule has 2 aromatic rings. The van der Waals surface area contributed by atoms with Gasteiger partial charge in [0.1, 0.15) is 11.5 Å². The third kappa shape index (κ3) is 4.35. The number of aryl methyl sites for hydroxylation is 2. The summed E-state index contributed by atoms with van der Waals surface area (Å²) in [7, 11) is 1.53. The van der Waals surface area contributed by atoms with Gasteiger partial charge in [0.2, 0.25) is 5.91 Å². The van der Waals surface area contributed by atoms with Gasteiger partial charge in [-0.05, 0) is 44.0 Å². The minimum absolute atomic E-state index is 0.0548. The van der Waals surface area contributed by atoms with Crippen LogP contribution in [0.25, 0.3) is 0 Å². The van der Waals surface area contributed by atoms with Crippen LogP contribution in [0.4, 0.5) is 0 Å². The van der Waals surface area contributed by atoms with Crippen LogP contribution in [0, 0.1) is 13.8 Å². The highest BCUT2D eigenvalue weighted by molar-refractivity contribution is 6.01. The van der Waals surface area contributed by atoms with Crippen LogP contribution in [-0.2, 0) is 11.2 Å². The Morgan fingerprint density at radius 2 is 1.96 bits per heavy atom. The van der Waals surface area contributed by atoms with Gasteiger partial charge in [-0.25, -0.2) is 5.43 Å². The lowest BCUT2D eigenvalue weighted by Gasteiger charge is -2.08. The second-order valence-corrected chi connectivity index (χ2v) is 5.72. The van der Waals surface area contributed by atoms with Crippen molar-refractivity contribution >= 4 is 11.6 Å². The maximum atomic E-state index is 12.1. The number of hydrogen-bond acceptors (Lipinski definition) is 4. The maximum absolute atomic E-state index is 12.1. The molecule has 0 spiro atoms. The van der Waals surface area contributed by atoms with E-state index in [2.05, 4.69) is 10.5 Å². The molecule has 2 rings (SSSR count). The molecule has 24 heavy (non-hydrogen) atoms. The number of hydrazone groups is 1. The lowest BCUT2D eigenvalue weighted by atomic mass is 10.0. The maximum Gasteiger partial charge on any atom is 0.244 e. The highest BCUT2D eigenvalue weighted by Gasteiger charge is 2.08. The van der Waals surface area contributed by atoms with Crippen LogP contribution >= 0.6 is 0 Å². The number of carbonyl (C=O) groups excluding carboxylic acids is 1. The summed E-state index contributed by atoms with van der Waals surface area (Å²) in [6.45, 7) is 5.73. The second kappa shape index (κ2) is 7.64. The number of benzene rings is 2. The number of phenolic OH excluding ortho intramolecular Hbond substituents is 1. The molecule has 0 fully saturated rings. The molecule has 5 heteroatoms. The number of nitrogens with one attached hydrogen (secondary N) is 1. The van der Waals surface area contributed by atoms with Crippen molar-refractivity contribution in [1.29, 1.82) is 0 Å². The van der Waals surface area contributed by atoms with Crippen LogP contribution in [-0.4, -0.2) is 23.8 Å². The Hall–Kier alpha value is -2.82. The van der Waals surface area contributed by atoms with E-state index in [0.29, 0.717) is 17.0 Å². The molecule has 1 amide bonds. The van der Waals surface area contributed by atoms with Gasteiger partial charge >= 0.3 is 0 Å². The fourth-order valence-corrected chi connectivity index (χ4v) is 2.41. The minimum Gasteiger partial charge on any atom is -0.507 e. The quantitative estimate of drug-likeness (QED) is 0.655. The molecular weight excluding hydrogens is 304 g/mol. The first-order chi connectivity index (χ1) is 11.4. The van der Waals surface area contributed by atoms with Gasteiger partial charge in [-0.15, -0.1) is 0 Å².